The van der Waals surface area contributed by atoms with Gasteiger partial charge in [-0.15, -0.1) is 0 Å². The second-order valence-corrected chi connectivity index (χ2v) is 4.75. The first kappa shape index (κ1) is 13.9. The molecule has 0 aliphatic heterocycles. The minimum atomic E-state index is -0.566. The van der Waals surface area contributed by atoms with Gasteiger partial charge in [-0.3, -0.25) is 4.98 Å². The van der Waals surface area contributed by atoms with Gasteiger partial charge in [-0.25, -0.2) is 18.7 Å². The summed E-state index contributed by atoms with van der Waals surface area (Å²) in [7, 11) is 1.46. The standard InChI is InChI=1S/C10H17N3O3S/c1-5-10(2,3)13-7(14)11-8(17)12(6-16-4)9(13)15/h5-6H2,1-4H3,(H,11,14,17). The Balaban J connectivity index is 3.64. The number of aromatic nitrogens is 3. The molecule has 96 valence electrons. The molecule has 1 aromatic heterocycles. The van der Waals surface area contributed by atoms with Crippen LogP contribution >= 0.6 is 12.2 Å². The molecule has 1 aromatic rings. The number of H-pyrrole nitrogens is 1. The average Bonchev–Trinajstić information content (AvgIpc) is 2.23. The summed E-state index contributed by atoms with van der Waals surface area (Å²) in [6.45, 7) is 5.58. The predicted octanol–water partition coefficient (Wildman–Crippen LogP) is 0.817. The first-order chi connectivity index (χ1) is 7.85. The van der Waals surface area contributed by atoms with Crippen LogP contribution in [0.5, 0.6) is 0 Å². The Hall–Kier alpha value is -1.21. The van der Waals surface area contributed by atoms with E-state index in [2.05, 4.69) is 4.98 Å². The predicted molar refractivity (Wildman–Crippen MR) is 66.8 cm³/mol. The lowest BCUT2D eigenvalue weighted by Gasteiger charge is -2.25. The topological polar surface area (TPSA) is 69.0 Å². The number of hydrogen-bond donors (Lipinski definition) is 1. The fraction of sp³-hybridized carbons (Fsp3) is 0.700. The number of nitrogens with zero attached hydrogens (tertiary/aromatic N) is 2. The molecular weight excluding hydrogens is 242 g/mol. The van der Waals surface area contributed by atoms with Gasteiger partial charge in [0.25, 0.3) is 0 Å². The minimum absolute atomic E-state index is 0.0221. The summed E-state index contributed by atoms with van der Waals surface area (Å²) in [4.78, 5) is 26.5. The van der Waals surface area contributed by atoms with E-state index in [1.165, 1.54) is 16.2 Å². The third kappa shape index (κ3) is 2.55. The lowest BCUT2D eigenvalue weighted by atomic mass is 10.0. The number of ether oxygens (including phenoxy) is 1. The van der Waals surface area contributed by atoms with E-state index < -0.39 is 16.9 Å². The van der Waals surface area contributed by atoms with Crippen molar-refractivity contribution >= 4 is 12.2 Å². The van der Waals surface area contributed by atoms with Crippen LogP contribution in [0.3, 0.4) is 0 Å². The first-order valence-electron chi connectivity index (χ1n) is 5.30. The maximum Gasteiger partial charge on any atom is 0.336 e. The van der Waals surface area contributed by atoms with Gasteiger partial charge in [-0.05, 0) is 32.5 Å². The molecule has 0 bridgehead atoms. The molecule has 0 amide bonds. The molecule has 0 aliphatic carbocycles. The molecule has 6 nitrogen and oxygen atoms in total. The Kier molecular flexibility index (Phi) is 4.05. The normalized spacial score (nSPS) is 11.8. The van der Waals surface area contributed by atoms with Crippen LogP contribution in [0.25, 0.3) is 0 Å². The van der Waals surface area contributed by atoms with Gasteiger partial charge in [-0.1, -0.05) is 6.92 Å². The molecule has 0 radical (unpaired) electrons. The van der Waals surface area contributed by atoms with Crippen LogP contribution in [0.15, 0.2) is 9.59 Å². The first-order valence-corrected chi connectivity index (χ1v) is 5.71. The van der Waals surface area contributed by atoms with Crippen molar-refractivity contribution in [3.05, 3.63) is 25.7 Å². The summed E-state index contributed by atoms with van der Waals surface area (Å²) in [5, 5.41) is 0. The Morgan fingerprint density at radius 2 is 2.00 bits per heavy atom. The molecule has 17 heavy (non-hydrogen) atoms. The lowest BCUT2D eigenvalue weighted by Crippen LogP contribution is -2.50. The molecule has 0 spiro atoms. The zero-order valence-electron chi connectivity index (χ0n) is 10.4. The van der Waals surface area contributed by atoms with Crippen molar-refractivity contribution in [2.24, 2.45) is 0 Å². The number of methoxy groups -OCH3 is 1. The highest BCUT2D eigenvalue weighted by Crippen LogP contribution is 2.13. The highest BCUT2D eigenvalue weighted by Gasteiger charge is 2.23. The van der Waals surface area contributed by atoms with Crippen molar-refractivity contribution in [3.8, 4) is 0 Å². The van der Waals surface area contributed by atoms with Gasteiger partial charge in [-0.2, -0.15) is 0 Å². The quantitative estimate of drug-likeness (QED) is 0.813. The van der Waals surface area contributed by atoms with E-state index in [-0.39, 0.29) is 11.5 Å². The molecule has 1 rings (SSSR count). The van der Waals surface area contributed by atoms with Gasteiger partial charge in [0.2, 0.25) is 0 Å². The van der Waals surface area contributed by atoms with E-state index in [0.29, 0.717) is 6.42 Å². The SMILES string of the molecule is CCC(C)(C)n1c(=O)[nH]c(=S)n(COC)c1=O. The van der Waals surface area contributed by atoms with Gasteiger partial charge >= 0.3 is 11.4 Å². The van der Waals surface area contributed by atoms with E-state index in [4.69, 9.17) is 17.0 Å². The van der Waals surface area contributed by atoms with Crippen LogP contribution in [0.4, 0.5) is 0 Å². The zero-order valence-corrected chi connectivity index (χ0v) is 11.3. The van der Waals surface area contributed by atoms with Crippen molar-refractivity contribution < 1.29 is 4.74 Å². The van der Waals surface area contributed by atoms with Crippen LogP contribution in [0.1, 0.15) is 27.2 Å². The second-order valence-electron chi connectivity index (χ2n) is 4.37. The summed E-state index contributed by atoms with van der Waals surface area (Å²) in [5.41, 5.74) is -1.50. The zero-order chi connectivity index (χ0) is 13.2. The minimum Gasteiger partial charge on any atom is -0.364 e. The third-order valence-electron chi connectivity index (χ3n) is 2.81. The van der Waals surface area contributed by atoms with Gasteiger partial charge in [0.15, 0.2) is 4.77 Å². The van der Waals surface area contributed by atoms with E-state index in [9.17, 15) is 9.59 Å². The number of rotatable bonds is 4. The summed E-state index contributed by atoms with van der Waals surface area (Å²) in [6.07, 6.45) is 0.653. The van der Waals surface area contributed by atoms with Crippen molar-refractivity contribution in [3.63, 3.8) is 0 Å². The summed E-state index contributed by atoms with van der Waals surface area (Å²) < 4.78 is 7.35. The van der Waals surface area contributed by atoms with Crippen molar-refractivity contribution in [2.75, 3.05) is 7.11 Å². The summed E-state index contributed by atoms with van der Waals surface area (Å²) in [6, 6.07) is 0. The number of aromatic amines is 1. The molecular formula is C10H17N3O3S. The molecule has 7 heteroatoms. The van der Waals surface area contributed by atoms with Crippen LogP contribution < -0.4 is 11.4 Å². The molecule has 0 fully saturated rings. The van der Waals surface area contributed by atoms with Crippen LogP contribution in [0, 0.1) is 4.77 Å². The second kappa shape index (κ2) is 4.97. The van der Waals surface area contributed by atoms with Gasteiger partial charge < -0.3 is 4.74 Å². The van der Waals surface area contributed by atoms with Crippen molar-refractivity contribution in [2.45, 2.75) is 39.5 Å². The van der Waals surface area contributed by atoms with E-state index in [1.807, 2.05) is 20.8 Å². The molecule has 0 saturated carbocycles. The van der Waals surface area contributed by atoms with Gasteiger partial charge in [0, 0.05) is 12.6 Å². The molecule has 0 saturated heterocycles. The lowest BCUT2D eigenvalue weighted by molar-refractivity contribution is 0.119. The highest BCUT2D eigenvalue weighted by atomic mass is 32.1. The smallest absolute Gasteiger partial charge is 0.336 e. The van der Waals surface area contributed by atoms with E-state index in [0.717, 1.165) is 0 Å². The largest absolute Gasteiger partial charge is 0.364 e. The Labute approximate surface area is 104 Å². The molecule has 0 unspecified atom stereocenters. The van der Waals surface area contributed by atoms with Crippen LogP contribution in [0.2, 0.25) is 0 Å². The van der Waals surface area contributed by atoms with Crippen LogP contribution in [-0.4, -0.2) is 21.2 Å². The fourth-order valence-electron chi connectivity index (χ4n) is 1.44. The average molecular weight is 259 g/mol. The Morgan fingerprint density at radius 1 is 1.41 bits per heavy atom. The maximum atomic E-state index is 12.2. The number of nitrogens with one attached hydrogen (secondary N) is 1. The van der Waals surface area contributed by atoms with E-state index >= 15 is 0 Å². The van der Waals surface area contributed by atoms with Gasteiger partial charge in [0.1, 0.15) is 6.73 Å². The maximum absolute atomic E-state index is 12.2. The third-order valence-corrected chi connectivity index (χ3v) is 3.14. The molecule has 1 N–H and O–H groups in total. The van der Waals surface area contributed by atoms with Crippen LogP contribution in [-0.2, 0) is 17.0 Å². The molecule has 0 atom stereocenters. The van der Waals surface area contributed by atoms with Crippen molar-refractivity contribution in [1.82, 2.24) is 14.1 Å². The Morgan fingerprint density at radius 3 is 2.47 bits per heavy atom. The monoisotopic (exact) mass is 259 g/mol. The van der Waals surface area contributed by atoms with Crippen molar-refractivity contribution in [1.29, 1.82) is 0 Å². The fourth-order valence-corrected chi connectivity index (χ4v) is 1.66. The Bertz CT molecular complexity index is 567. The molecule has 0 aromatic carbocycles. The summed E-state index contributed by atoms with van der Waals surface area (Å²) >= 11 is 4.93. The highest BCUT2D eigenvalue weighted by molar-refractivity contribution is 7.71. The van der Waals surface area contributed by atoms with E-state index in [1.54, 1.807) is 0 Å². The summed E-state index contributed by atoms with van der Waals surface area (Å²) in [5.74, 6) is 0. The molecule has 0 aliphatic rings. The number of hydrogen-bond acceptors (Lipinski definition) is 4. The van der Waals surface area contributed by atoms with Gasteiger partial charge in [0.05, 0.1) is 0 Å². The molecule has 1 heterocycles.